The molecule has 0 aliphatic heterocycles. The van der Waals surface area contributed by atoms with Crippen LogP contribution in [-0.2, 0) is 76.7 Å². The summed E-state index contributed by atoms with van der Waals surface area (Å²) in [6, 6.07) is -1.29. The normalized spacial score (nSPS) is 10.0. The van der Waals surface area contributed by atoms with Crippen molar-refractivity contribution in [2.24, 2.45) is 22.5 Å². The van der Waals surface area contributed by atoms with Crippen molar-refractivity contribution in [3.05, 3.63) is 0 Å². The van der Waals surface area contributed by atoms with Crippen molar-refractivity contribution in [1.29, 1.82) is 0 Å². The smallest absolute Gasteiger partial charge is 0.414 e. The molecule has 1 atom stereocenters. The number of carboxylic acid groups (broad SMARTS) is 16. The van der Waals surface area contributed by atoms with Crippen LogP contribution in [0.3, 0.4) is 0 Å². The van der Waals surface area contributed by atoms with E-state index in [2.05, 4.69) is 0 Å². The Labute approximate surface area is 365 Å². The number of aliphatic hydroxyl groups is 2. The SMILES string of the molecule is CC(C(=O)O)C(=O)O.CC(C)(C(=O)O)C(=O)O.CC(C)(CC(=O)O)C(=O)O.NC(CC(=O)O)C(=O)O.O=C(O)C(=O)O.O=C(O)C(O)(O)C(=O)O.O=C(O)CC(=O)O.O=C(O)CCC(=O)O. The van der Waals surface area contributed by atoms with E-state index in [-0.39, 0.29) is 19.3 Å². The molecule has 35 heteroatoms. The average molecular weight is 978 g/mol. The van der Waals surface area contributed by atoms with Crippen LogP contribution in [0.1, 0.15) is 66.7 Å². The van der Waals surface area contributed by atoms with Crippen LogP contribution in [0.15, 0.2) is 0 Å². The number of carbonyl (C=O) groups is 16. The predicted octanol–water partition coefficient (Wildman–Crippen LogP) is -4.11. The van der Waals surface area contributed by atoms with Crippen LogP contribution < -0.4 is 5.73 Å². The third-order valence-electron chi connectivity index (χ3n) is 5.33. The molecule has 0 fully saturated rings. The third-order valence-corrected chi connectivity index (χ3v) is 5.33. The van der Waals surface area contributed by atoms with E-state index in [0.29, 0.717) is 0 Å². The molecule has 0 heterocycles. The Morgan fingerprint density at radius 3 is 0.742 bits per heavy atom. The molecule has 0 aromatic rings. The Balaban J connectivity index is -0.0000000975. The predicted molar refractivity (Wildman–Crippen MR) is 197 cm³/mol. The number of hydrogen-bond acceptors (Lipinski definition) is 19. The van der Waals surface area contributed by atoms with Gasteiger partial charge in [0.25, 0.3) is 0 Å². The van der Waals surface area contributed by atoms with Crippen LogP contribution in [0.5, 0.6) is 0 Å². The summed E-state index contributed by atoms with van der Waals surface area (Å²) in [6.07, 6.45) is -2.28. The number of carboxylic acids is 16. The summed E-state index contributed by atoms with van der Waals surface area (Å²) in [5.41, 5.74) is 2.01. The second-order valence-corrected chi connectivity index (χ2v) is 12.1. The van der Waals surface area contributed by atoms with Gasteiger partial charge >= 0.3 is 101 Å². The minimum atomic E-state index is -3.67. The quantitative estimate of drug-likeness (QED) is 0.0374. The number of nitrogens with two attached hydrogens (primary N) is 1. The third kappa shape index (κ3) is 53.4. The van der Waals surface area contributed by atoms with Crippen molar-refractivity contribution in [2.75, 3.05) is 0 Å². The van der Waals surface area contributed by atoms with Crippen molar-refractivity contribution in [2.45, 2.75) is 78.6 Å². The van der Waals surface area contributed by atoms with Crippen LogP contribution in [0, 0.1) is 16.7 Å². The first-order chi connectivity index (χ1) is 29.1. The molecule has 0 spiro atoms. The molecule has 0 rings (SSSR count). The van der Waals surface area contributed by atoms with Crippen LogP contribution in [0.25, 0.3) is 0 Å². The van der Waals surface area contributed by atoms with Crippen molar-refractivity contribution in [3.8, 4) is 0 Å². The van der Waals surface area contributed by atoms with Crippen molar-refractivity contribution in [3.63, 3.8) is 0 Å². The highest BCUT2D eigenvalue weighted by Gasteiger charge is 2.42. The molecule has 20 N–H and O–H groups in total. The van der Waals surface area contributed by atoms with Crippen LogP contribution in [-0.4, -0.2) is 199 Å². The van der Waals surface area contributed by atoms with E-state index < -0.39 is 137 Å². The Bertz CT molecular complexity index is 1620. The summed E-state index contributed by atoms with van der Waals surface area (Å²) in [6.45, 7) is 6.15. The monoisotopic (exact) mass is 977 g/mol. The van der Waals surface area contributed by atoms with E-state index in [1.807, 2.05) is 0 Å². The molecular formula is C31H47NO34. The van der Waals surface area contributed by atoms with Gasteiger partial charge in [0.05, 0.1) is 31.1 Å². The summed E-state index contributed by atoms with van der Waals surface area (Å²) < 4.78 is 0. The zero-order valence-corrected chi connectivity index (χ0v) is 34.3. The molecule has 1 unspecified atom stereocenters. The lowest BCUT2D eigenvalue weighted by Gasteiger charge is -2.14. The molecule has 0 radical (unpaired) electrons. The second-order valence-electron chi connectivity index (χ2n) is 12.1. The Hall–Kier alpha value is -8.60. The molecule has 35 nitrogen and oxygen atoms in total. The van der Waals surface area contributed by atoms with Crippen molar-refractivity contribution >= 4 is 95.5 Å². The van der Waals surface area contributed by atoms with Gasteiger partial charge in [-0.05, 0) is 34.6 Å². The van der Waals surface area contributed by atoms with E-state index in [9.17, 15) is 67.1 Å². The van der Waals surface area contributed by atoms with Gasteiger partial charge in [-0.15, -0.1) is 0 Å². The molecule has 0 aliphatic carbocycles. The molecule has 0 saturated heterocycles. The van der Waals surface area contributed by atoms with Gasteiger partial charge in [0, 0.05) is 0 Å². The standard InChI is InChI=1S/C6H10O4.C5H8O4.C4H7NO4.2C4H6O4.C3H4O6.C3H4O4.C2H2O4/c1-6(2,5(9)10)3-4(7)8;1-5(2,3(6)7)4(8)9;5-2(4(8)9)1-3(6)7;1-2(3(5)6)4(7)8;5-3(6)1-2-4(7)8;4-1(5)3(8,9)2(6)7;4-2(5)1-3(6)7;3-1(4)2(5)6/h3H2,1-2H3,(H,7,8)(H,9,10);1-2H3,(H,6,7)(H,8,9);2H,1,5H2,(H,6,7)(H,8,9);2H,1H3,(H,5,6)(H,7,8);1-2H2,(H,5,6)(H,7,8);8-9H,(H,4,5)(H,6,7);1H2,(H,4,5)(H,6,7);(H,3,4)(H,5,6). The molecule has 66 heavy (non-hydrogen) atoms. The number of rotatable bonds is 17. The molecule has 0 aromatic carbocycles. The fourth-order valence-electron chi connectivity index (χ4n) is 1.36. The molecular weight excluding hydrogens is 930 g/mol. The van der Waals surface area contributed by atoms with Crippen LogP contribution >= 0.6 is 0 Å². The first kappa shape index (κ1) is 74.8. The summed E-state index contributed by atoms with van der Waals surface area (Å²) in [7, 11) is 0. The zero-order chi connectivity index (χ0) is 55.4. The second kappa shape index (κ2) is 37.0. The highest BCUT2D eigenvalue weighted by atomic mass is 16.6. The highest BCUT2D eigenvalue weighted by molar-refractivity contribution is 6.27. The number of hydrogen-bond donors (Lipinski definition) is 19. The van der Waals surface area contributed by atoms with Crippen LogP contribution in [0.2, 0.25) is 0 Å². The molecule has 0 bridgehead atoms. The molecule has 0 aromatic heterocycles. The average Bonchev–Trinajstić information content (AvgIpc) is 3.10. The Kier molecular flexibility index (Phi) is 41.9. The van der Waals surface area contributed by atoms with Gasteiger partial charge in [0.15, 0.2) is 11.3 Å². The van der Waals surface area contributed by atoms with Crippen molar-refractivity contribution in [1.82, 2.24) is 0 Å². The minimum absolute atomic E-state index is 0.296. The maximum Gasteiger partial charge on any atom is 0.414 e. The highest BCUT2D eigenvalue weighted by Crippen LogP contribution is 2.19. The van der Waals surface area contributed by atoms with Gasteiger partial charge in [-0.2, -0.15) is 0 Å². The summed E-state index contributed by atoms with van der Waals surface area (Å²) in [5, 5.41) is 143. The topological polar surface area (TPSA) is 663 Å². The minimum Gasteiger partial charge on any atom is -0.481 e. The van der Waals surface area contributed by atoms with Gasteiger partial charge < -0.3 is 97.7 Å². The maximum absolute atomic E-state index is 10.3. The van der Waals surface area contributed by atoms with Gasteiger partial charge in [-0.3, -0.25) is 57.5 Å². The van der Waals surface area contributed by atoms with Gasteiger partial charge in [-0.25, -0.2) is 19.2 Å². The molecule has 380 valence electrons. The fraction of sp³-hybridized carbons (Fsp3) is 0.484. The summed E-state index contributed by atoms with van der Waals surface area (Å²) >= 11 is 0. The fourth-order valence-corrected chi connectivity index (χ4v) is 1.36. The first-order valence-corrected chi connectivity index (χ1v) is 16.0. The lowest BCUT2D eigenvalue weighted by Crippen LogP contribution is -2.46. The number of aliphatic carboxylic acids is 16. The zero-order valence-electron chi connectivity index (χ0n) is 34.3. The van der Waals surface area contributed by atoms with E-state index >= 15 is 0 Å². The molecule has 0 aliphatic rings. The molecule has 0 saturated carbocycles. The largest absolute Gasteiger partial charge is 0.481 e. The van der Waals surface area contributed by atoms with Gasteiger partial charge in [0.1, 0.15) is 12.5 Å². The van der Waals surface area contributed by atoms with Gasteiger partial charge in [0.2, 0.25) is 0 Å². The molecule has 0 amide bonds. The van der Waals surface area contributed by atoms with Gasteiger partial charge in [-0.1, -0.05) is 0 Å². The van der Waals surface area contributed by atoms with E-state index in [1.165, 1.54) is 13.8 Å². The maximum atomic E-state index is 10.3. The van der Waals surface area contributed by atoms with E-state index in [4.69, 9.17) is 107 Å². The summed E-state index contributed by atoms with van der Waals surface area (Å²) in [4.78, 5) is 155. The first-order valence-electron chi connectivity index (χ1n) is 16.0. The van der Waals surface area contributed by atoms with E-state index in [1.54, 1.807) is 0 Å². The lowest BCUT2D eigenvalue weighted by molar-refractivity contribution is -0.216. The Morgan fingerprint density at radius 2 is 0.697 bits per heavy atom. The lowest BCUT2D eigenvalue weighted by atomic mass is 9.90. The van der Waals surface area contributed by atoms with Crippen LogP contribution in [0.4, 0.5) is 0 Å². The van der Waals surface area contributed by atoms with Crippen molar-refractivity contribution < 1.29 is 169 Å². The Morgan fingerprint density at radius 1 is 0.409 bits per heavy atom. The van der Waals surface area contributed by atoms with E-state index in [0.717, 1.165) is 20.8 Å². The summed E-state index contributed by atoms with van der Waals surface area (Å²) in [5.74, 6) is -27.8.